The summed E-state index contributed by atoms with van der Waals surface area (Å²) in [5.74, 6) is 0. The van der Waals surface area contributed by atoms with Crippen molar-refractivity contribution in [1.29, 1.82) is 5.26 Å². The molecule has 0 unspecified atom stereocenters. The van der Waals surface area contributed by atoms with E-state index in [-0.39, 0.29) is 40.8 Å². The Hall–Kier alpha value is 0.180. The van der Waals surface area contributed by atoms with Crippen LogP contribution in [0, 0.1) is 11.5 Å². The maximum Gasteiger partial charge on any atom is 1.00 e. The van der Waals surface area contributed by atoms with Gasteiger partial charge in [-0.05, 0) is 19.0 Å². The zero-order valence-corrected chi connectivity index (χ0v) is 9.20. The molecule has 0 amide bonds. The predicted octanol–water partition coefficient (Wildman–Crippen LogP) is -2.63. The molecule has 0 aromatic rings. The van der Waals surface area contributed by atoms with Crippen LogP contribution in [0.25, 0.3) is 0 Å². The summed E-state index contributed by atoms with van der Waals surface area (Å²) in [6.45, 7) is 3.79. The number of hydrogen-bond donors (Lipinski definition) is 1. The SMILES string of the molecule is CC(C)N=C([S-])NC#N.[Na+]. The Morgan fingerprint density at radius 3 is 2.50 bits per heavy atom. The van der Waals surface area contributed by atoms with Crippen molar-refractivity contribution in [2.75, 3.05) is 0 Å². The smallest absolute Gasteiger partial charge is 0.742 e. The minimum Gasteiger partial charge on any atom is -0.742 e. The minimum atomic E-state index is 0. The molecule has 3 nitrogen and oxygen atoms in total. The van der Waals surface area contributed by atoms with Crippen molar-refractivity contribution < 1.29 is 29.6 Å². The summed E-state index contributed by atoms with van der Waals surface area (Å²) in [7, 11) is 0. The van der Waals surface area contributed by atoms with Crippen LogP contribution in [0.4, 0.5) is 0 Å². The fraction of sp³-hybridized carbons (Fsp3) is 0.600. The predicted molar refractivity (Wildman–Crippen MR) is 38.7 cm³/mol. The van der Waals surface area contributed by atoms with E-state index in [1.807, 2.05) is 13.8 Å². The number of nitrogens with one attached hydrogen (secondary N) is 1. The third-order valence-corrected chi connectivity index (χ3v) is 0.746. The molecule has 0 radical (unpaired) electrons. The molecule has 0 aliphatic heterocycles. The van der Waals surface area contributed by atoms with Gasteiger partial charge in [0.25, 0.3) is 0 Å². The first kappa shape index (κ1) is 12.8. The van der Waals surface area contributed by atoms with Crippen molar-refractivity contribution in [3.63, 3.8) is 0 Å². The molecule has 5 heteroatoms. The van der Waals surface area contributed by atoms with Crippen LogP contribution >= 0.6 is 0 Å². The molecular weight excluding hydrogens is 157 g/mol. The number of nitrogens with zero attached hydrogens (tertiary/aromatic N) is 2. The first-order chi connectivity index (χ1) is 4.16. The molecule has 0 fully saturated rings. The Balaban J connectivity index is 0. The van der Waals surface area contributed by atoms with E-state index in [0.29, 0.717) is 0 Å². The molecule has 0 aromatic carbocycles. The van der Waals surface area contributed by atoms with Crippen LogP contribution in [0.1, 0.15) is 13.8 Å². The van der Waals surface area contributed by atoms with E-state index in [4.69, 9.17) is 5.26 Å². The van der Waals surface area contributed by atoms with Crippen molar-refractivity contribution in [1.82, 2.24) is 5.32 Å². The van der Waals surface area contributed by atoms with Gasteiger partial charge < -0.3 is 17.9 Å². The molecule has 0 aliphatic carbocycles. The van der Waals surface area contributed by atoms with E-state index in [1.165, 1.54) is 0 Å². The van der Waals surface area contributed by atoms with Gasteiger partial charge in [0.1, 0.15) is 0 Å². The third kappa shape index (κ3) is 8.18. The fourth-order valence-electron chi connectivity index (χ4n) is 0.315. The Morgan fingerprint density at radius 2 is 2.20 bits per heavy atom. The summed E-state index contributed by atoms with van der Waals surface area (Å²) in [5.41, 5.74) is 0. The second kappa shape index (κ2) is 7.29. The van der Waals surface area contributed by atoms with Gasteiger partial charge in [0.15, 0.2) is 6.19 Å². The van der Waals surface area contributed by atoms with E-state index >= 15 is 0 Å². The van der Waals surface area contributed by atoms with Gasteiger partial charge in [-0.3, -0.25) is 4.99 Å². The normalized spacial score (nSPS) is 10.0. The van der Waals surface area contributed by atoms with Crippen molar-refractivity contribution >= 4 is 17.8 Å². The topological polar surface area (TPSA) is 48.2 Å². The van der Waals surface area contributed by atoms with E-state index in [2.05, 4.69) is 22.9 Å². The number of amidine groups is 1. The molecule has 50 valence electrons. The van der Waals surface area contributed by atoms with Crippen molar-refractivity contribution in [2.45, 2.75) is 19.9 Å². The summed E-state index contributed by atoms with van der Waals surface area (Å²) in [5, 5.41) is 10.5. The summed E-state index contributed by atoms with van der Waals surface area (Å²) >= 11 is 4.63. The Bertz CT molecular complexity index is 149. The fourth-order valence-corrected chi connectivity index (χ4v) is 0.571. The van der Waals surface area contributed by atoms with Gasteiger partial charge in [0.2, 0.25) is 0 Å². The van der Waals surface area contributed by atoms with Gasteiger partial charge >= 0.3 is 29.6 Å². The monoisotopic (exact) mass is 165 g/mol. The van der Waals surface area contributed by atoms with Gasteiger partial charge in [-0.15, -0.1) is 0 Å². The Labute approximate surface area is 88.6 Å². The van der Waals surface area contributed by atoms with Crippen molar-refractivity contribution in [3.8, 4) is 6.19 Å². The van der Waals surface area contributed by atoms with Crippen molar-refractivity contribution in [3.05, 3.63) is 0 Å². The molecule has 0 bridgehead atoms. The summed E-state index contributed by atoms with van der Waals surface area (Å²) in [6.07, 6.45) is 1.69. The van der Waals surface area contributed by atoms with Crippen LogP contribution in [0.15, 0.2) is 4.99 Å². The van der Waals surface area contributed by atoms with Gasteiger partial charge in [-0.25, -0.2) is 0 Å². The van der Waals surface area contributed by atoms with E-state index in [0.717, 1.165) is 0 Å². The first-order valence-corrected chi connectivity index (χ1v) is 2.97. The average Bonchev–Trinajstić information content (AvgIpc) is 1.63. The average molecular weight is 165 g/mol. The second-order valence-electron chi connectivity index (χ2n) is 1.76. The molecule has 1 N–H and O–H groups in total. The van der Waals surface area contributed by atoms with Crippen LogP contribution < -0.4 is 34.9 Å². The Kier molecular flexibility index (Phi) is 9.35. The van der Waals surface area contributed by atoms with E-state index in [9.17, 15) is 0 Å². The van der Waals surface area contributed by atoms with Crippen LogP contribution in [-0.2, 0) is 12.6 Å². The maximum atomic E-state index is 8.04. The standard InChI is InChI=1S/C5H9N3S.Na/c1-4(2)8-5(9)7-3-6;/h4H,1-2H3,(H2,7,8,9);/q;+1/p-1. The largest absolute Gasteiger partial charge is 1.00 e. The van der Waals surface area contributed by atoms with E-state index < -0.39 is 0 Å². The van der Waals surface area contributed by atoms with Gasteiger partial charge in [-0.2, -0.15) is 5.26 Å². The molecule has 0 rings (SSSR count). The molecule has 0 aromatic heterocycles. The van der Waals surface area contributed by atoms with Gasteiger partial charge in [0, 0.05) is 6.04 Å². The zero-order valence-electron chi connectivity index (χ0n) is 6.38. The molecule has 0 aliphatic rings. The molecule has 10 heavy (non-hydrogen) atoms. The number of nitriles is 1. The second-order valence-corrected chi connectivity index (χ2v) is 2.15. The van der Waals surface area contributed by atoms with E-state index in [1.54, 1.807) is 6.19 Å². The zero-order chi connectivity index (χ0) is 7.28. The molecule has 0 atom stereocenters. The Morgan fingerprint density at radius 1 is 1.70 bits per heavy atom. The van der Waals surface area contributed by atoms with Crippen molar-refractivity contribution in [2.24, 2.45) is 4.99 Å². The third-order valence-electron chi connectivity index (χ3n) is 0.538. The quantitative estimate of drug-likeness (QED) is 0.115. The summed E-state index contributed by atoms with van der Waals surface area (Å²) < 4.78 is 0. The summed E-state index contributed by atoms with van der Waals surface area (Å²) in [4.78, 5) is 3.86. The minimum absolute atomic E-state index is 0. The van der Waals surface area contributed by atoms with Crippen LogP contribution in [0.2, 0.25) is 0 Å². The molecule has 0 saturated heterocycles. The van der Waals surface area contributed by atoms with Gasteiger partial charge in [0.05, 0.1) is 0 Å². The first-order valence-electron chi connectivity index (χ1n) is 2.56. The van der Waals surface area contributed by atoms with Crippen LogP contribution in [0.5, 0.6) is 0 Å². The molecular formula is C5H8N3NaS. The molecule has 0 heterocycles. The van der Waals surface area contributed by atoms with Crippen LogP contribution in [0.3, 0.4) is 0 Å². The number of hydrogen-bond acceptors (Lipinski definition) is 3. The summed E-state index contributed by atoms with van der Waals surface area (Å²) in [6, 6.07) is 0.151. The maximum absolute atomic E-state index is 8.04. The molecule has 0 saturated carbocycles. The molecule has 0 spiro atoms. The number of aliphatic imine (C=N–C) groups is 1. The van der Waals surface area contributed by atoms with Crippen LogP contribution in [-0.4, -0.2) is 11.2 Å². The van der Waals surface area contributed by atoms with Gasteiger partial charge in [-0.1, -0.05) is 0 Å². The number of rotatable bonds is 1.